The Hall–Kier alpha value is -2.04. The van der Waals surface area contributed by atoms with Gasteiger partial charge in [0.15, 0.2) is 5.75 Å². The van der Waals surface area contributed by atoms with Crippen LogP contribution < -0.4 is 10.6 Å². The van der Waals surface area contributed by atoms with Crippen LogP contribution in [0.2, 0.25) is 0 Å². The Morgan fingerprint density at radius 1 is 1.40 bits per heavy atom. The van der Waals surface area contributed by atoms with E-state index in [0.717, 1.165) is 25.7 Å². The number of nitrogens with one attached hydrogen (secondary N) is 2. The van der Waals surface area contributed by atoms with Crippen LogP contribution >= 0.6 is 0 Å². The number of carbonyl (C=O) groups excluding carboxylic acids is 2. The third-order valence-electron chi connectivity index (χ3n) is 3.11. The number of unbranched alkanes of at least 4 members (excludes halogenated alkanes) is 2. The maximum absolute atomic E-state index is 12.1. The van der Waals surface area contributed by atoms with Crippen molar-refractivity contribution in [3.8, 4) is 5.75 Å². The first-order valence-corrected chi connectivity index (χ1v) is 6.93. The summed E-state index contributed by atoms with van der Waals surface area (Å²) in [6, 6.07) is 4.73. The van der Waals surface area contributed by atoms with Crippen molar-refractivity contribution in [2.45, 2.75) is 45.6 Å². The topological polar surface area (TPSA) is 78.4 Å². The number of phenolic OH excluding ortho intramolecular Hbond substituents is 1. The first kappa shape index (κ1) is 16.0. The molecule has 1 atom stereocenters. The van der Waals surface area contributed by atoms with Gasteiger partial charge in [0, 0.05) is 6.04 Å². The molecule has 0 bridgehead atoms. The van der Waals surface area contributed by atoms with Gasteiger partial charge in [-0.05, 0) is 25.5 Å². The van der Waals surface area contributed by atoms with Crippen molar-refractivity contribution in [2.24, 2.45) is 0 Å². The highest BCUT2D eigenvalue weighted by atomic mass is 16.3. The van der Waals surface area contributed by atoms with Crippen molar-refractivity contribution in [2.75, 3.05) is 5.32 Å². The van der Waals surface area contributed by atoms with Crippen LogP contribution in [0.3, 0.4) is 0 Å². The predicted molar refractivity (Wildman–Crippen MR) is 78.9 cm³/mol. The molecule has 5 nitrogen and oxygen atoms in total. The lowest BCUT2D eigenvalue weighted by Gasteiger charge is -2.15. The Kier molecular flexibility index (Phi) is 6.56. The number of para-hydroxylation sites is 1. The van der Waals surface area contributed by atoms with E-state index in [4.69, 9.17) is 0 Å². The van der Waals surface area contributed by atoms with Gasteiger partial charge in [-0.2, -0.15) is 0 Å². The summed E-state index contributed by atoms with van der Waals surface area (Å²) >= 11 is 0. The van der Waals surface area contributed by atoms with E-state index in [0.29, 0.717) is 6.41 Å². The monoisotopic (exact) mass is 278 g/mol. The molecular weight excluding hydrogens is 256 g/mol. The summed E-state index contributed by atoms with van der Waals surface area (Å²) in [5.41, 5.74) is 0.394. The third kappa shape index (κ3) is 4.57. The van der Waals surface area contributed by atoms with E-state index in [2.05, 4.69) is 17.6 Å². The molecule has 3 N–H and O–H groups in total. The number of amides is 2. The second kappa shape index (κ2) is 8.19. The molecule has 0 heterocycles. The highest BCUT2D eigenvalue weighted by molar-refractivity contribution is 5.99. The Morgan fingerprint density at radius 2 is 2.15 bits per heavy atom. The lowest BCUT2D eigenvalue weighted by molar-refractivity contribution is -0.105. The Balaban J connectivity index is 2.67. The number of benzene rings is 1. The molecular formula is C15H22N2O3. The van der Waals surface area contributed by atoms with Gasteiger partial charge >= 0.3 is 0 Å². The largest absolute Gasteiger partial charge is 0.505 e. The summed E-state index contributed by atoms with van der Waals surface area (Å²) in [7, 11) is 0. The van der Waals surface area contributed by atoms with E-state index in [-0.39, 0.29) is 28.9 Å². The molecule has 2 amide bonds. The van der Waals surface area contributed by atoms with Gasteiger partial charge in [-0.3, -0.25) is 9.59 Å². The smallest absolute Gasteiger partial charge is 0.255 e. The molecule has 0 radical (unpaired) electrons. The number of hydrogen-bond donors (Lipinski definition) is 3. The van der Waals surface area contributed by atoms with Crippen molar-refractivity contribution in [1.82, 2.24) is 5.32 Å². The van der Waals surface area contributed by atoms with Crippen molar-refractivity contribution in [3.05, 3.63) is 23.8 Å². The highest BCUT2D eigenvalue weighted by Crippen LogP contribution is 2.26. The minimum absolute atomic E-state index is 0.0520. The maximum Gasteiger partial charge on any atom is 0.255 e. The molecule has 0 saturated heterocycles. The lowest BCUT2D eigenvalue weighted by atomic mass is 10.1. The molecule has 0 saturated carbocycles. The summed E-state index contributed by atoms with van der Waals surface area (Å²) in [4.78, 5) is 22.5. The normalized spacial score (nSPS) is 11.7. The Morgan fingerprint density at radius 3 is 2.80 bits per heavy atom. The van der Waals surface area contributed by atoms with Crippen LogP contribution in [0, 0.1) is 0 Å². The van der Waals surface area contributed by atoms with E-state index in [1.807, 2.05) is 6.92 Å². The van der Waals surface area contributed by atoms with Gasteiger partial charge in [0.25, 0.3) is 5.91 Å². The van der Waals surface area contributed by atoms with Gasteiger partial charge in [-0.1, -0.05) is 32.3 Å². The van der Waals surface area contributed by atoms with E-state index < -0.39 is 0 Å². The summed E-state index contributed by atoms with van der Waals surface area (Å²) in [5, 5.41) is 15.1. The molecule has 1 aromatic carbocycles. The number of phenols is 1. The number of anilines is 1. The zero-order valence-electron chi connectivity index (χ0n) is 12.0. The van der Waals surface area contributed by atoms with Gasteiger partial charge in [0.05, 0.1) is 11.3 Å². The average Bonchev–Trinajstić information content (AvgIpc) is 2.41. The molecule has 0 aromatic heterocycles. The van der Waals surface area contributed by atoms with Crippen molar-refractivity contribution in [3.63, 3.8) is 0 Å². The number of rotatable bonds is 8. The highest BCUT2D eigenvalue weighted by Gasteiger charge is 2.15. The fraction of sp³-hybridized carbons (Fsp3) is 0.467. The summed E-state index contributed by atoms with van der Waals surface area (Å²) < 4.78 is 0. The molecule has 5 heteroatoms. The van der Waals surface area contributed by atoms with Crippen molar-refractivity contribution in [1.29, 1.82) is 0 Å². The molecule has 1 aromatic rings. The summed E-state index contributed by atoms with van der Waals surface area (Å²) in [6.45, 7) is 4.07. The summed E-state index contributed by atoms with van der Waals surface area (Å²) in [6.07, 6.45) is 4.72. The van der Waals surface area contributed by atoms with Gasteiger partial charge in [0.1, 0.15) is 0 Å². The first-order valence-electron chi connectivity index (χ1n) is 6.93. The van der Waals surface area contributed by atoms with Crippen LogP contribution in [0.5, 0.6) is 5.75 Å². The number of hydrogen-bond acceptors (Lipinski definition) is 3. The molecule has 1 unspecified atom stereocenters. The van der Waals surface area contributed by atoms with E-state index in [9.17, 15) is 14.7 Å². The third-order valence-corrected chi connectivity index (χ3v) is 3.11. The first-order chi connectivity index (χ1) is 9.60. The van der Waals surface area contributed by atoms with Crippen LogP contribution in [0.25, 0.3) is 0 Å². The zero-order valence-corrected chi connectivity index (χ0v) is 12.0. The van der Waals surface area contributed by atoms with Crippen LogP contribution in [-0.2, 0) is 4.79 Å². The predicted octanol–water partition coefficient (Wildman–Crippen LogP) is 2.66. The van der Waals surface area contributed by atoms with E-state index >= 15 is 0 Å². The quantitative estimate of drug-likeness (QED) is 0.388. The molecule has 0 aliphatic carbocycles. The molecule has 0 spiro atoms. The van der Waals surface area contributed by atoms with Crippen LogP contribution in [0.4, 0.5) is 5.69 Å². The second-order valence-electron chi connectivity index (χ2n) is 4.83. The second-order valence-corrected chi connectivity index (χ2v) is 4.83. The Labute approximate surface area is 119 Å². The minimum Gasteiger partial charge on any atom is -0.505 e. The van der Waals surface area contributed by atoms with E-state index in [1.54, 1.807) is 6.07 Å². The van der Waals surface area contributed by atoms with Crippen molar-refractivity contribution >= 4 is 18.0 Å². The lowest BCUT2D eigenvalue weighted by Crippen LogP contribution is -2.32. The van der Waals surface area contributed by atoms with Gasteiger partial charge in [-0.15, -0.1) is 0 Å². The van der Waals surface area contributed by atoms with Crippen LogP contribution in [0.1, 0.15) is 49.9 Å². The van der Waals surface area contributed by atoms with Gasteiger partial charge in [-0.25, -0.2) is 0 Å². The van der Waals surface area contributed by atoms with Gasteiger partial charge < -0.3 is 15.7 Å². The molecule has 0 aliphatic heterocycles. The number of carbonyl (C=O) groups is 2. The molecule has 0 aliphatic rings. The SMILES string of the molecule is CCCCCC(C)NC(=O)c1cccc(NC=O)c1O. The molecule has 1 rings (SSSR count). The average molecular weight is 278 g/mol. The maximum atomic E-state index is 12.1. The van der Waals surface area contributed by atoms with Crippen LogP contribution in [-0.4, -0.2) is 23.5 Å². The van der Waals surface area contributed by atoms with Crippen molar-refractivity contribution < 1.29 is 14.7 Å². The molecule has 110 valence electrons. The van der Waals surface area contributed by atoms with E-state index in [1.165, 1.54) is 12.1 Å². The number of aromatic hydroxyl groups is 1. The standard InChI is InChI=1S/C15H22N2O3/c1-3-4-5-7-11(2)17-15(20)12-8-6-9-13(14(12)19)16-10-18/h6,8-11,19H,3-5,7H2,1-2H3,(H,16,18)(H,17,20). The molecule has 20 heavy (non-hydrogen) atoms. The van der Waals surface area contributed by atoms with Gasteiger partial charge in [0.2, 0.25) is 6.41 Å². The molecule has 0 fully saturated rings. The van der Waals surface area contributed by atoms with Crippen LogP contribution in [0.15, 0.2) is 18.2 Å². The summed E-state index contributed by atoms with van der Waals surface area (Å²) in [5.74, 6) is -0.543. The minimum atomic E-state index is -0.332. The fourth-order valence-electron chi connectivity index (χ4n) is 1.98. The zero-order chi connectivity index (χ0) is 15.0. The Bertz CT molecular complexity index is 460. The fourth-order valence-corrected chi connectivity index (χ4v) is 1.98.